The number of halogens is 1. The van der Waals surface area contributed by atoms with Gasteiger partial charge in [-0.05, 0) is 50.5 Å². The average Bonchev–Trinajstić information content (AvgIpc) is 2.40. The zero-order chi connectivity index (χ0) is 15.8. The smallest absolute Gasteiger partial charge is 0.320 e. The maximum Gasteiger partial charge on any atom is 0.320 e. The molecule has 0 amide bonds. The van der Waals surface area contributed by atoms with E-state index in [4.69, 9.17) is 16.3 Å². The van der Waals surface area contributed by atoms with Crippen molar-refractivity contribution in [3.05, 3.63) is 28.8 Å². The van der Waals surface area contributed by atoms with Crippen LogP contribution in [0.15, 0.2) is 18.2 Å². The molecular formula is C15H22ClNO3S. The molecule has 1 rings (SSSR count). The van der Waals surface area contributed by atoms with Gasteiger partial charge in [0.1, 0.15) is 11.8 Å². The van der Waals surface area contributed by atoms with Gasteiger partial charge in [0.25, 0.3) is 0 Å². The highest BCUT2D eigenvalue weighted by Crippen LogP contribution is 2.24. The minimum absolute atomic E-state index is 0.0525. The van der Waals surface area contributed by atoms with Crippen LogP contribution in [0.25, 0.3) is 0 Å². The second-order valence-electron chi connectivity index (χ2n) is 4.97. The van der Waals surface area contributed by atoms with Crippen molar-refractivity contribution in [3.8, 4) is 5.75 Å². The summed E-state index contributed by atoms with van der Waals surface area (Å²) in [5, 5.41) is 12.9. The first-order valence-corrected chi connectivity index (χ1v) is 8.61. The molecule has 1 aromatic carbocycles. The van der Waals surface area contributed by atoms with E-state index < -0.39 is 12.0 Å². The first-order valence-electron chi connectivity index (χ1n) is 6.84. The Bertz CT molecular complexity index is 468. The lowest BCUT2D eigenvalue weighted by atomic mass is 10.1. The van der Waals surface area contributed by atoms with Crippen LogP contribution in [0.4, 0.5) is 0 Å². The van der Waals surface area contributed by atoms with Crippen molar-refractivity contribution in [1.29, 1.82) is 0 Å². The first kappa shape index (κ1) is 18.1. The van der Waals surface area contributed by atoms with Gasteiger partial charge in [0.05, 0.1) is 6.10 Å². The Morgan fingerprint density at radius 3 is 2.76 bits per heavy atom. The zero-order valence-electron chi connectivity index (χ0n) is 12.6. The van der Waals surface area contributed by atoms with E-state index in [1.165, 1.54) is 0 Å². The van der Waals surface area contributed by atoms with E-state index >= 15 is 0 Å². The number of nitrogens with one attached hydrogen (secondary N) is 1. The third-order valence-corrected chi connectivity index (χ3v) is 3.71. The minimum Gasteiger partial charge on any atom is -0.491 e. The number of carbonyl (C=O) groups is 1. The SMILES string of the molecule is CSCCC(NCc1cc(Cl)ccc1OC(C)C)C(=O)O. The fourth-order valence-corrected chi connectivity index (χ4v) is 2.50. The van der Waals surface area contributed by atoms with Crippen LogP contribution < -0.4 is 10.1 Å². The molecule has 0 saturated carbocycles. The van der Waals surface area contributed by atoms with E-state index in [9.17, 15) is 9.90 Å². The molecule has 118 valence electrons. The minimum atomic E-state index is -0.836. The highest BCUT2D eigenvalue weighted by atomic mass is 35.5. The molecule has 0 saturated heterocycles. The van der Waals surface area contributed by atoms with Crippen LogP contribution in [0.1, 0.15) is 25.8 Å². The highest BCUT2D eigenvalue weighted by molar-refractivity contribution is 7.98. The molecule has 0 aliphatic rings. The average molecular weight is 332 g/mol. The van der Waals surface area contributed by atoms with E-state index in [1.807, 2.05) is 26.2 Å². The number of rotatable bonds is 9. The van der Waals surface area contributed by atoms with Crippen LogP contribution in [-0.2, 0) is 11.3 Å². The predicted molar refractivity (Wildman–Crippen MR) is 88.5 cm³/mol. The molecular weight excluding hydrogens is 310 g/mol. The fraction of sp³-hybridized carbons (Fsp3) is 0.533. The van der Waals surface area contributed by atoms with E-state index in [1.54, 1.807) is 23.9 Å². The number of thioether (sulfide) groups is 1. The molecule has 1 aromatic rings. The largest absolute Gasteiger partial charge is 0.491 e. The number of ether oxygens (including phenoxy) is 1. The van der Waals surface area contributed by atoms with Crippen molar-refractivity contribution in [2.75, 3.05) is 12.0 Å². The Morgan fingerprint density at radius 1 is 1.48 bits per heavy atom. The Labute approximate surface area is 135 Å². The van der Waals surface area contributed by atoms with Gasteiger partial charge in [-0.3, -0.25) is 4.79 Å². The van der Waals surface area contributed by atoms with E-state index in [0.29, 0.717) is 18.0 Å². The van der Waals surface area contributed by atoms with Gasteiger partial charge in [-0.15, -0.1) is 0 Å². The lowest BCUT2D eigenvalue weighted by molar-refractivity contribution is -0.139. The monoisotopic (exact) mass is 331 g/mol. The second kappa shape index (κ2) is 9.18. The van der Waals surface area contributed by atoms with Gasteiger partial charge in [-0.25, -0.2) is 0 Å². The summed E-state index contributed by atoms with van der Waals surface area (Å²) in [5.41, 5.74) is 0.867. The second-order valence-corrected chi connectivity index (χ2v) is 6.39. The van der Waals surface area contributed by atoms with Gasteiger partial charge >= 0.3 is 5.97 Å². The molecule has 21 heavy (non-hydrogen) atoms. The zero-order valence-corrected chi connectivity index (χ0v) is 14.1. The van der Waals surface area contributed by atoms with Gasteiger partial charge in [-0.1, -0.05) is 11.6 Å². The standard InChI is InChI=1S/C15H22ClNO3S/c1-10(2)20-14-5-4-12(16)8-11(14)9-17-13(15(18)19)6-7-21-3/h4-5,8,10,13,17H,6-7,9H2,1-3H3,(H,18,19). The number of hydrogen-bond donors (Lipinski definition) is 2. The molecule has 2 N–H and O–H groups in total. The van der Waals surface area contributed by atoms with Crippen molar-refractivity contribution >= 4 is 29.3 Å². The lowest BCUT2D eigenvalue weighted by Crippen LogP contribution is -2.36. The topological polar surface area (TPSA) is 58.6 Å². The summed E-state index contributed by atoms with van der Waals surface area (Å²) in [7, 11) is 0. The van der Waals surface area contributed by atoms with Crippen LogP contribution in [0, 0.1) is 0 Å². The number of benzene rings is 1. The summed E-state index contributed by atoms with van der Waals surface area (Å²) in [6, 6.07) is 4.82. The maximum absolute atomic E-state index is 11.2. The Balaban J connectivity index is 2.75. The van der Waals surface area contributed by atoms with Crippen LogP contribution in [0.5, 0.6) is 5.75 Å². The Kier molecular flexibility index (Phi) is 7.93. The Hall–Kier alpha value is -0.910. The number of carboxylic acid groups (broad SMARTS) is 1. The molecule has 6 heteroatoms. The van der Waals surface area contributed by atoms with E-state index in [2.05, 4.69) is 5.32 Å². The summed E-state index contributed by atoms with van der Waals surface area (Å²) in [4.78, 5) is 11.2. The molecule has 0 aliphatic heterocycles. The van der Waals surface area contributed by atoms with Crippen LogP contribution >= 0.6 is 23.4 Å². The van der Waals surface area contributed by atoms with Crippen molar-refractivity contribution in [1.82, 2.24) is 5.32 Å². The molecule has 4 nitrogen and oxygen atoms in total. The Morgan fingerprint density at radius 2 is 2.19 bits per heavy atom. The van der Waals surface area contributed by atoms with Crippen molar-refractivity contribution in [2.24, 2.45) is 0 Å². The normalized spacial score (nSPS) is 12.4. The summed E-state index contributed by atoms with van der Waals surface area (Å²) in [6.07, 6.45) is 2.60. The third-order valence-electron chi connectivity index (χ3n) is 2.83. The van der Waals surface area contributed by atoms with Gasteiger partial charge in [0, 0.05) is 17.1 Å². The molecule has 0 radical (unpaired) electrons. The third kappa shape index (κ3) is 6.59. The van der Waals surface area contributed by atoms with E-state index in [-0.39, 0.29) is 6.10 Å². The number of carboxylic acids is 1. The molecule has 0 aromatic heterocycles. The predicted octanol–water partition coefficient (Wildman–Crippen LogP) is 3.42. The summed E-state index contributed by atoms with van der Waals surface area (Å²) in [6.45, 7) is 4.31. The molecule has 0 bridgehead atoms. The quantitative estimate of drug-likeness (QED) is 0.726. The van der Waals surface area contributed by atoms with Gasteiger partial charge in [0.15, 0.2) is 0 Å². The molecule has 1 unspecified atom stereocenters. The number of aliphatic carboxylic acids is 1. The summed E-state index contributed by atoms with van der Waals surface area (Å²) in [5.74, 6) is 0.697. The highest BCUT2D eigenvalue weighted by Gasteiger charge is 2.17. The lowest BCUT2D eigenvalue weighted by Gasteiger charge is -2.18. The van der Waals surface area contributed by atoms with Crippen LogP contribution in [0.2, 0.25) is 5.02 Å². The molecule has 1 atom stereocenters. The fourth-order valence-electron chi connectivity index (χ4n) is 1.84. The van der Waals surface area contributed by atoms with Gasteiger partial charge in [0.2, 0.25) is 0 Å². The maximum atomic E-state index is 11.2. The molecule has 0 heterocycles. The van der Waals surface area contributed by atoms with Crippen LogP contribution in [0.3, 0.4) is 0 Å². The van der Waals surface area contributed by atoms with Gasteiger partial charge in [-0.2, -0.15) is 11.8 Å². The van der Waals surface area contributed by atoms with Crippen molar-refractivity contribution < 1.29 is 14.6 Å². The number of hydrogen-bond acceptors (Lipinski definition) is 4. The molecule has 0 fully saturated rings. The molecule has 0 spiro atoms. The first-order chi connectivity index (χ1) is 9.93. The van der Waals surface area contributed by atoms with Crippen LogP contribution in [-0.4, -0.2) is 35.2 Å². The van der Waals surface area contributed by atoms with E-state index in [0.717, 1.165) is 17.1 Å². The summed E-state index contributed by atoms with van der Waals surface area (Å²) < 4.78 is 5.72. The van der Waals surface area contributed by atoms with Crippen molar-refractivity contribution in [2.45, 2.75) is 39.0 Å². The summed E-state index contributed by atoms with van der Waals surface area (Å²) >= 11 is 7.65. The van der Waals surface area contributed by atoms with Crippen molar-refractivity contribution in [3.63, 3.8) is 0 Å². The molecule has 0 aliphatic carbocycles. The van der Waals surface area contributed by atoms with Gasteiger partial charge < -0.3 is 15.2 Å².